The van der Waals surface area contributed by atoms with Crippen LogP contribution in [-0.4, -0.2) is 83.1 Å². The molecule has 0 radical (unpaired) electrons. The zero-order valence-corrected chi connectivity index (χ0v) is 32.8. The predicted octanol–water partition coefficient (Wildman–Crippen LogP) is 5.97. The first-order valence-electron chi connectivity index (χ1n) is 20.8. The van der Waals surface area contributed by atoms with Gasteiger partial charge in [-0.2, -0.15) is 0 Å². The summed E-state index contributed by atoms with van der Waals surface area (Å²) in [5.74, 6) is -1.46. The van der Waals surface area contributed by atoms with E-state index >= 15 is 0 Å². The SMILES string of the molecule is C[C@H]1C=C2C=C[C@H](C)[C@H](CC[C@@H]3C[C@@H](O)CC(=O)O3)[C@H]2[C@@H](OC(=O)NCCCCCCCCCCNc2cccc3c2C(=O)N(C2CCC(=O)NC2=O)C3=O)C1. The number of nitrogens with one attached hydrogen (secondary N) is 3. The van der Waals surface area contributed by atoms with Gasteiger partial charge in [-0.15, -0.1) is 0 Å². The topological polar surface area (TPSA) is 180 Å². The molecule has 4 N–H and O–H groups in total. The standard InChI is InChI=1S/C43H58N4O9/c1-26-22-28-15-14-27(2)31(17-16-30-24-29(48)25-37(50)55-30)38(28)35(23-26)56-43(54)45-21-10-8-6-4-3-5-7-9-20-44-33-13-11-12-32-39(33)42(53)47(41(32)52)34-18-19-36(49)46-40(34)51/h11-15,22,26-27,29-31,34-35,38,44,48H,3-10,16-21,23-25H2,1-2H3,(H,45,54)(H,46,49,51)/t26-,27-,29+,30+,31-,34?,35-,38-/m0/s1. The van der Waals surface area contributed by atoms with E-state index in [2.05, 4.69) is 48.0 Å². The van der Waals surface area contributed by atoms with Crippen LogP contribution in [0, 0.1) is 23.7 Å². The van der Waals surface area contributed by atoms with E-state index in [1.54, 1.807) is 18.2 Å². The van der Waals surface area contributed by atoms with Crippen LogP contribution in [0.25, 0.3) is 0 Å². The molecule has 2 aliphatic carbocycles. The summed E-state index contributed by atoms with van der Waals surface area (Å²) in [6.45, 7) is 5.56. The average Bonchev–Trinajstić information content (AvgIpc) is 3.40. The number of rotatable bonds is 17. The lowest BCUT2D eigenvalue weighted by Gasteiger charge is -2.43. The van der Waals surface area contributed by atoms with Gasteiger partial charge in [-0.25, -0.2) is 4.79 Å². The summed E-state index contributed by atoms with van der Waals surface area (Å²) < 4.78 is 11.6. The van der Waals surface area contributed by atoms with Crippen LogP contribution in [0.2, 0.25) is 0 Å². The third kappa shape index (κ3) is 10.1. The normalized spacial score (nSPS) is 28.6. The molecule has 6 rings (SSSR count). The smallest absolute Gasteiger partial charge is 0.407 e. The number of imide groups is 2. The monoisotopic (exact) mass is 774 g/mol. The molecule has 3 aliphatic heterocycles. The minimum atomic E-state index is -0.984. The van der Waals surface area contributed by atoms with Crippen LogP contribution >= 0.6 is 0 Å². The maximum absolute atomic E-state index is 13.3. The van der Waals surface area contributed by atoms with Gasteiger partial charge in [0.1, 0.15) is 18.2 Å². The van der Waals surface area contributed by atoms with E-state index in [0.717, 1.165) is 69.1 Å². The fourth-order valence-electron chi connectivity index (χ4n) is 9.20. The second-order valence-electron chi connectivity index (χ2n) is 16.4. The predicted molar refractivity (Wildman–Crippen MR) is 208 cm³/mol. The summed E-state index contributed by atoms with van der Waals surface area (Å²) in [6, 6.07) is 4.11. The summed E-state index contributed by atoms with van der Waals surface area (Å²) in [6.07, 6.45) is 16.4. The van der Waals surface area contributed by atoms with Crippen molar-refractivity contribution in [2.45, 2.75) is 135 Å². The zero-order valence-electron chi connectivity index (χ0n) is 32.8. The molecule has 3 heterocycles. The van der Waals surface area contributed by atoms with Crippen LogP contribution in [0.4, 0.5) is 10.5 Å². The molecule has 5 aliphatic rings. The van der Waals surface area contributed by atoms with E-state index in [1.165, 1.54) is 5.57 Å². The molecule has 5 amide bonds. The number of benzene rings is 1. The Morgan fingerprint density at radius 1 is 0.946 bits per heavy atom. The van der Waals surface area contributed by atoms with Gasteiger partial charge in [0.15, 0.2) is 0 Å². The van der Waals surface area contributed by atoms with Gasteiger partial charge in [-0.05, 0) is 74.0 Å². The second kappa shape index (κ2) is 19.1. The highest BCUT2D eigenvalue weighted by molar-refractivity contribution is 6.25. The van der Waals surface area contributed by atoms with Crippen molar-refractivity contribution in [1.82, 2.24) is 15.5 Å². The van der Waals surface area contributed by atoms with Crippen molar-refractivity contribution in [1.29, 1.82) is 0 Å². The third-order valence-electron chi connectivity index (χ3n) is 12.1. The third-order valence-corrected chi connectivity index (χ3v) is 12.1. The molecular formula is C43H58N4O9. The minimum absolute atomic E-state index is 0.0613. The fourth-order valence-corrected chi connectivity index (χ4v) is 9.20. The van der Waals surface area contributed by atoms with Crippen LogP contribution in [-0.2, 0) is 23.9 Å². The molecule has 13 heteroatoms. The molecule has 0 spiro atoms. The van der Waals surface area contributed by atoms with Crippen molar-refractivity contribution in [3.05, 3.63) is 53.1 Å². The number of unbranched alkanes of at least 4 members (excludes halogenated alkanes) is 7. The van der Waals surface area contributed by atoms with Crippen molar-refractivity contribution in [2.24, 2.45) is 23.7 Å². The number of fused-ring (bicyclic) bond motifs is 2. The lowest BCUT2D eigenvalue weighted by molar-refractivity contribution is -0.160. The molecule has 0 saturated carbocycles. The number of carbonyl (C=O) groups is 6. The highest BCUT2D eigenvalue weighted by atomic mass is 16.6. The summed E-state index contributed by atoms with van der Waals surface area (Å²) in [4.78, 5) is 76.1. The van der Waals surface area contributed by atoms with Gasteiger partial charge in [0.25, 0.3) is 11.8 Å². The van der Waals surface area contributed by atoms with Crippen LogP contribution in [0.5, 0.6) is 0 Å². The number of piperidine rings is 1. The number of hydrogen-bond donors (Lipinski definition) is 4. The summed E-state index contributed by atoms with van der Waals surface area (Å²) >= 11 is 0. The lowest BCUT2D eigenvalue weighted by atomic mass is 9.65. The molecule has 2 saturated heterocycles. The summed E-state index contributed by atoms with van der Waals surface area (Å²) in [7, 11) is 0. The molecule has 0 aromatic heterocycles. The number of aliphatic hydroxyl groups is 1. The van der Waals surface area contributed by atoms with Crippen molar-refractivity contribution in [3.63, 3.8) is 0 Å². The number of hydrogen-bond acceptors (Lipinski definition) is 10. The first kappa shape index (κ1) is 41.1. The summed E-state index contributed by atoms with van der Waals surface area (Å²) in [5, 5.41) is 18.6. The molecule has 304 valence electrons. The Hall–Kier alpha value is -4.52. The molecule has 8 atom stereocenters. The van der Waals surface area contributed by atoms with Crippen molar-refractivity contribution < 1.29 is 43.3 Å². The largest absolute Gasteiger partial charge is 0.462 e. The molecule has 56 heavy (non-hydrogen) atoms. The highest BCUT2D eigenvalue weighted by Crippen LogP contribution is 2.45. The zero-order chi connectivity index (χ0) is 39.8. The van der Waals surface area contributed by atoms with Crippen LogP contribution in [0.1, 0.15) is 131 Å². The van der Waals surface area contributed by atoms with Gasteiger partial charge in [0.05, 0.1) is 23.7 Å². The maximum atomic E-state index is 13.3. The number of cyclic esters (lactones) is 1. The van der Waals surface area contributed by atoms with Gasteiger partial charge in [-0.1, -0.05) is 76.7 Å². The van der Waals surface area contributed by atoms with Crippen LogP contribution in [0.3, 0.4) is 0 Å². The van der Waals surface area contributed by atoms with E-state index in [0.29, 0.717) is 37.5 Å². The summed E-state index contributed by atoms with van der Waals surface area (Å²) in [5.41, 5.74) is 2.35. The average molecular weight is 775 g/mol. The van der Waals surface area contributed by atoms with Gasteiger partial charge < -0.3 is 25.2 Å². The number of carbonyl (C=O) groups excluding carboxylic acids is 6. The second-order valence-corrected chi connectivity index (χ2v) is 16.4. The van der Waals surface area contributed by atoms with Crippen molar-refractivity contribution >= 4 is 41.4 Å². The van der Waals surface area contributed by atoms with E-state index in [1.807, 2.05) is 0 Å². The number of anilines is 1. The van der Waals surface area contributed by atoms with Gasteiger partial charge in [0.2, 0.25) is 11.8 Å². The van der Waals surface area contributed by atoms with Crippen molar-refractivity contribution in [3.8, 4) is 0 Å². The molecule has 2 fully saturated rings. The maximum Gasteiger partial charge on any atom is 0.407 e. The molecule has 0 bridgehead atoms. The Morgan fingerprint density at radius 2 is 1.68 bits per heavy atom. The molecule has 1 aromatic carbocycles. The number of alkyl carbamates (subject to hydrolysis) is 1. The fraction of sp³-hybridized carbons (Fsp3) is 0.628. The lowest BCUT2D eigenvalue weighted by Crippen LogP contribution is -2.54. The first-order valence-corrected chi connectivity index (χ1v) is 20.8. The van der Waals surface area contributed by atoms with Gasteiger partial charge in [0, 0.05) is 37.5 Å². The number of amides is 5. The molecular weight excluding hydrogens is 716 g/mol. The highest BCUT2D eigenvalue weighted by Gasteiger charge is 2.46. The first-order chi connectivity index (χ1) is 27.0. The number of ether oxygens (including phenoxy) is 2. The quantitative estimate of drug-likeness (QED) is 0.0838. The van der Waals surface area contributed by atoms with Gasteiger partial charge in [-0.3, -0.25) is 34.2 Å². The Kier molecular flexibility index (Phi) is 14.0. The Labute approximate surface area is 329 Å². The minimum Gasteiger partial charge on any atom is -0.462 e. The van der Waals surface area contributed by atoms with Crippen LogP contribution < -0.4 is 16.0 Å². The Balaban J connectivity index is 0.840. The van der Waals surface area contributed by atoms with E-state index in [-0.39, 0.29) is 72.4 Å². The van der Waals surface area contributed by atoms with E-state index in [9.17, 15) is 33.9 Å². The number of aliphatic hydroxyl groups excluding tert-OH is 1. The van der Waals surface area contributed by atoms with Crippen molar-refractivity contribution in [2.75, 3.05) is 18.4 Å². The van der Waals surface area contributed by atoms with Gasteiger partial charge >= 0.3 is 12.1 Å². The Bertz CT molecular complexity index is 1710. The van der Waals surface area contributed by atoms with E-state index < -0.39 is 35.8 Å². The molecule has 1 unspecified atom stereocenters. The number of nitrogens with zero attached hydrogens (tertiary/aromatic N) is 1. The Morgan fingerprint density at radius 3 is 2.41 bits per heavy atom. The van der Waals surface area contributed by atoms with Crippen LogP contribution in [0.15, 0.2) is 42.0 Å². The number of esters is 1. The molecule has 13 nitrogen and oxygen atoms in total. The molecule has 1 aromatic rings. The number of allylic oxidation sites excluding steroid dienone is 3. The van der Waals surface area contributed by atoms with E-state index in [4.69, 9.17) is 9.47 Å².